The molecule has 0 aliphatic rings. The van der Waals surface area contributed by atoms with E-state index in [1.54, 1.807) is 0 Å². The van der Waals surface area contributed by atoms with Crippen LogP contribution in [0.2, 0.25) is 0 Å². The molecule has 0 aliphatic carbocycles. The molecule has 1 amide bonds. The third kappa shape index (κ3) is 1.79. The highest BCUT2D eigenvalue weighted by atomic mass is 16.6. The summed E-state index contributed by atoms with van der Waals surface area (Å²) in [6.45, 7) is 0. The highest BCUT2D eigenvalue weighted by Gasteiger charge is 2.15. The molecule has 14 heavy (non-hydrogen) atoms. The number of carbonyl (C=O) groups excluding carboxylic acids is 1. The van der Waals surface area contributed by atoms with Crippen LogP contribution >= 0.6 is 0 Å². The summed E-state index contributed by atoms with van der Waals surface area (Å²) in [5, 5.41) is 21.0. The summed E-state index contributed by atoms with van der Waals surface area (Å²) in [6.07, 6.45) is -1.49. The zero-order valence-corrected chi connectivity index (χ0v) is 7.34. The number of carbonyl (C=O) groups is 1. The first-order chi connectivity index (χ1) is 6.54. The fraction of sp³-hybridized carbons (Fsp3) is 0.125. The van der Waals surface area contributed by atoms with Crippen molar-refractivity contribution in [1.29, 1.82) is 0 Å². The zero-order chi connectivity index (χ0) is 10.7. The van der Waals surface area contributed by atoms with Crippen molar-refractivity contribution in [3.05, 3.63) is 34.4 Å². The molecule has 0 saturated heterocycles. The third-order valence-corrected chi connectivity index (χ3v) is 1.71. The van der Waals surface area contributed by atoms with E-state index in [2.05, 4.69) is 0 Å². The Balaban J connectivity index is 3.19. The summed E-state index contributed by atoms with van der Waals surface area (Å²) in [5.41, 5.74) is -0.267. The van der Waals surface area contributed by atoms with Crippen LogP contribution in [-0.2, 0) is 0 Å². The number of benzene rings is 1. The average Bonchev–Trinajstić information content (AvgIpc) is 2.16. The lowest BCUT2D eigenvalue weighted by Gasteiger charge is -2.18. The minimum atomic E-state index is -1.49. The van der Waals surface area contributed by atoms with Crippen molar-refractivity contribution in [2.75, 3.05) is 11.9 Å². The highest BCUT2D eigenvalue weighted by molar-refractivity contribution is 5.87. The highest BCUT2D eigenvalue weighted by Crippen LogP contribution is 2.25. The maximum Gasteiger partial charge on any atom is 0.292 e. The quantitative estimate of drug-likeness (QED) is 0.504. The van der Waals surface area contributed by atoms with Crippen LogP contribution in [0.15, 0.2) is 24.3 Å². The van der Waals surface area contributed by atoms with Gasteiger partial charge in [0.2, 0.25) is 0 Å². The predicted molar refractivity (Wildman–Crippen MR) is 46.9 cm³/mol. The van der Waals surface area contributed by atoms with Gasteiger partial charge in [-0.1, -0.05) is 12.1 Å². The molecule has 74 valence electrons. The van der Waals surface area contributed by atoms with Gasteiger partial charge in [0.25, 0.3) is 5.69 Å². The fourth-order valence-electron chi connectivity index (χ4n) is 1.00. The molecular formula is C8H7N2O4-. The van der Waals surface area contributed by atoms with Gasteiger partial charge < -0.3 is 14.8 Å². The molecule has 0 unspecified atom stereocenters. The smallest absolute Gasteiger partial charge is 0.292 e. The number of para-hydroxylation sites is 2. The van der Waals surface area contributed by atoms with Gasteiger partial charge in [0.05, 0.1) is 4.92 Å². The molecule has 0 fully saturated rings. The van der Waals surface area contributed by atoms with Gasteiger partial charge in [0, 0.05) is 13.1 Å². The number of carboxylic acid groups (broad SMARTS) is 1. The lowest BCUT2D eigenvalue weighted by atomic mass is 10.2. The number of nitrogens with zero attached hydrogens (tertiary/aromatic N) is 2. The molecule has 1 aromatic carbocycles. The Morgan fingerprint density at radius 2 is 2.00 bits per heavy atom. The second-order valence-electron chi connectivity index (χ2n) is 2.57. The normalized spacial score (nSPS) is 9.50. The van der Waals surface area contributed by atoms with Crippen molar-refractivity contribution in [2.24, 2.45) is 0 Å². The van der Waals surface area contributed by atoms with Crippen LogP contribution in [0.1, 0.15) is 0 Å². The summed E-state index contributed by atoms with van der Waals surface area (Å²) in [6, 6.07) is 5.55. The SMILES string of the molecule is CN(C(=O)[O-])c1ccccc1[N+](=O)[O-]. The molecule has 0 atom stereocenters. The minimum absolute atomic E-state index is 0.00231. The van der Waals surface area contributed by atoms with E-state index in [0.29, 0.717) is 4.90 Å². The van der Waals surface area contributed by atoms with E-state index in [9.17, 15) is 20.0 Å². The van der Waals surface area contributed by atoms with Crippen molar-refractivity contribution in [2.45, 2.75) is 0 Å². The number of nitro benzene ring substituents is 1. The second-order valence-corrected chi connectivity index (χ2v) is 2.57. The summed E-state index contributed by atoms with van der Waals surface area (Å²) in [5.74, 6) is 0. The van der Waals surface area contributed by atoms with Crippen molar-refractivity contribution in [1.82, 2.24) is 0 Å². The van der Waals surface area contributed by atoms with Crippen LogP contribution in [-0.4, -0.2) is 18.1 Å². The van der Waals surface area contributed by atoms with Gasteiger partial charge in [0.15, 0.2) is 0 Å². The summed E-state index contributed by atoms with van der Waals surface area (Å²) < 4.78 is 0. The third-order valence-electron chi connectivity index (χ3n) is 1.71. The second kappa shape index (κ2) is 3.73. The van der Waals surface area contributed by atoms with E-state index in [4.69, 9.17) is 0 Å². The van der Waals surface area contributed by atoms with Crippen molar-refractivity contribution < 1.29 is 14.8 Å². The fourth-order valence-corrected chi connectivity index (χ4v) is 1.00. The van der Waals surface area contributed by atoms with Crippen LogP contribution in [0.3, 0.4) is 0 Å². The molecule has 0 aliphatic heterocycles. The average molecular weight is 195 g/mol. The molecule has 6 heteroatoms. The molecule has 1 rings (SSSR count). The van der Waals surface area contributed by atoms with Crippen LogP contribution in [0.25, 0.3) is 0 Å². The standard InChI is InChI=1S/C8H8N2O4/c1-9(8(11)12)6-4-2-3-5-7(6)10(13)14/h2-5H,1H3,(H,11,12)/p-1. The molecule has 0 saturated carbocycles. The number of amides is 1. The van der Waals surface area contributed by atoms with Gasteiger partial charge in [-0.3, -0.25) is 10.1 Å². The minimum Gasteiger partial charge on any atom is -0.530 e. The summed E-state index contributed by atoms with van der Waals surface area (Å²) >= 11 is 0. The van der Waals surface area contributed by atoms with Gasteiger partial charge in [-0.15, -0.1) is 0 Å². The van der Waals surface area contributed by atoms with Gasteiger partial charge >= 0.3 is 0 Å². The Hall–Kier alpha value is -2.11. The van der Waals surface area contributed by atoms with Crippen LogP contribution in [0.4, 0.5) is 16.2 Å². The maximum atomic E-state index is 10.5. The van der Waals surface area contributed by atoms with Crippen molar-refractivity contribution >= 4 is 17.5 Å². The summed E-state index contributed by atoms with van der Waals surface area (Å²) in [7, 11) is 1.19. The molecule has 0 radical (unpaired) electrons. The van der Waals surface area contributed by atoms with E-state index in [0.717, 1.165) is 0 Å². The van der Waals surface area contributed by atoms with E-state index < -0.39 is 11.0 Å². The molecule has 0 N–H and O–H groups in total. The van der Waals surface area contributed by atoms with Crippen molar-refractivity contribution in [3.8, 4) is 0 Å². The first kappa shape index (κ1) is 9.97. The number of nitro groups is 1. The van der Waals surface area contributed by atoms with Gasteiger partial charge in [0.1, 0.15) is 11.8 Å². The topological polar surface area (TPSA) is 86.5 Å². The molecule has 1 aromatic rings. The van der Waals surface area contributed by atoms with Crippen molar-refractivity contribution in [3.63, 3.8) is 0 Å². The zero-order valence-electron chi connectivity index (χ0n) is 7.34. The molecule has 0 heterocycles. The molecular weight excluding hydrogens is 188 g/mol. The van der Waals surface area contributed by atoms with Crippen LogP contribution in [0, 0.1) is 10.1 Å². The maximum absolute atomic E-state index is 10.5. The van der Waals surface area contributed by atoms with Gasteiger partial charge in [-0.05, 0) is 6.07 Å². The summed E-state index contributed by atoms with van der Waals surface area (Å²) in [4.78, 5) is 21.0. The van der Waals surface area contributed by atoms with E-state index in [1.807, 2.05) is 0 Å². The molecule has 0 spiro atoms. The Morgan fingerprint density at radius 3 is 2.50 bits per heavy atom. The first-order valence-corrected chi connectivity index (χ1v) is 3.72. The number of hydrogen-bond acceptors (Lipinski definition) is 4. The van der Waals surface area contributed by atoms with Gasteiger partial charge in [-0.2, -0.15) is 0 Å². The van der Waals surface area contributed by atoms with E-state index >= 15 is 0 Å². The lowest BCUT2D eigenvalue weighted by Crippen LogP contribution is -2.38. The number of rotatable bonds is 2. The Labute approximate surface area is 79.5 Å². The Kier molecular flexibility index (Phi) is 2.66. The Morgan fingerprint density at radius 1 is 1.43 bits per heavy atom. The monoisotopic (exact) mass is 195 g/mol. The van der Waals surface area contributed by atoms with Gasteiger partial charge in [-0.25, -0.2) is 0 Å². The number of anilines is 1. The molecule has 0 bridgehead atoms. The Bertz CT molecular complexity index is 377. The van der Waals surface area contributed by atoms with E-state index in [-0.39, 0.29) is 11.4 Å². The molecule has 0 aromatic heterocycles. The predicted octanol–water partition coefficient (Wildman–Crippen LogP) is 0.374. The number of hydrogen-bond donors (Lipinski definition) is 0. The van der Waals surface area contributed by atoms with Crippen LogP contribution in [0.5, 0.6) is 0 Å². The van der Waals surface area contributed by atoms with E-state index in [1.165, 1.54) is 31.3 Å². The molecule has 6 nitrogen and oxygen atoms in total. The first-order valence-electron chi connectivity index (χ1n) is 3.72. The largest absolute Gasteiger partial charge is 0.530 e. The lowest BCUT2D eigenvalue weighted by molar-refractivity contribution is -0.384. The van der Waals surface area contributed by atoms with Crippen LogP contribution < -0.4 is 10.0 Å².